The Kier molecular flexibility index (Phi) is 5.40. The number of aryl methyl sites for hydroxylation is 1. The lowest BCUT2D eigenvalue weighted by Gasteiger charge is -2.12. The van der Waals surface area contributed by atoms with E-state index < -0.39 is 11.9 Å². The van der Waals surface area contributed by atoms with E-state index in [0.717, 1.165) is 10.9 Å². The zero-order valence-electron chi connectivity index (χ0n) is 15.3. The number of nitrogens with zero attached hydrogens (tertiary/aromatic N) is 1. The van der Waals surface area contributed by atoms with E-state index in [-0.39, 0.29) is 12.6 Å². The van der Waals surface area contributed by atoms with Crippen molar-refractivity contribution in [2.45, 2.75) is 19.9 Å². The first-order chi connectivity index (χ1) is 13.0. The number of ether oxygens (including phenoxy) is 2. The molecule has 27 heavy (non-hydrogen) atoms. The van der Waals surface area contributed by atoms with Gasteiger partial charge in [-0.15, -0.1) is 0 Å². The highest BCUT2D eigenvalue weighted by molar-refractivity contribution is 5.96. The lowest BCUT2D eigenvalue weighted by Crippen LogP contribution is -2.31. The molecule has 2 aromatic heterocycles. The Balaban J connectivity index is 1.66. The van der Waals surface area contributed by atoms with Crippen molar-refractivity contribution in [3.63, 3.8) is 0 Å². The summed E-state index contributed by atoms with van der Waals surface area (Å²) >= 11 is 0. The molecule has 7 heteroatoms. The summed E-state index contributed by atoms with van der Waals surface area (Å²) in [5, 5.41) is 3.46. The summed E-state index contributed by atoms with van der Waals surface area (Å²) in [6.07, 6.45) is 1.53. The van der Waals surface area contributed by atoms with Gasteiger partial charge < -0.3 is 19.2 Å². The van der Waals surface area contributed by atoms with Crippen LogP contribution in [0.15, 0.2) is 47.1 Å². The molecule has 1 amide bonds. The maximum atomic E-state index is 12.4. The smallest absolute Gasteiger partial charge is 0.340 e. The van der Waals surface area contributed by atoms with Crippen LogP contribution in [0, 0.1) is 6.92 Å². The number of aromatic nitrogens is 1. The summed E-state index contributed by atoms with van der Waals surface area (Å²) < 4.78 is 15.6. The fourth-order valence-corrected chi connectivity index (χ4v) is 2.69. The van der Waals surface area contributed by atoms with Crippen LogP contribution in [0.5, 0.6) is 5.75 Å². The van der Waals surface area contributed by atoms with Crippen molar-refractivity contribution in [2.75, 3.05) is 13.7 Å². The molecule has 1 aromatic carbocycles. The van der Waals surface area contributed by atoms with Gasteiger partial charge in [-0.1, -0.05) is 0 Å². The lowest BCUT2D eigenvalue weighted by atomic mass is 10.1. The van der Waals surface area contributed by atoms with Crippen LogP contribution >= 0.6 is 0 Å². The molecule has 1 atom stereocenters. The minimum Gasteiger partial charge on any atom is -0.497 e. The van der Waals surface area contributed by atoms with Crippen molar-refractivity contribution in [2.24, 2.45) is 0 Å². The highest BCUT2D eigenvalue weighted by atomic mass is 16.5. The fraction of sp³-hybridized carbons (Fsp3) is 0.250. The summed E-state index contributed by atoms with van der Waals surface area (Å²) in [4.78, 5) is 28.8. The summed E-state index contributed by atoms with van der Waals surface area (Å²) in [7, 11) is 1.57. The van der Waals surface area contributed by atoms with Gasteiger partial charge in [-0.3, -0.25) is 9.78 Å². The number of hydrogen-bond donors (Lipinski definition) is 1. The molecule has 0 saturated heterocycles. The number of methoxy groups -OCH3 is 1. The van der Waals surface area contributed by atoms with Crippen LogP contribution in [0.1, 0.15) is 34.8 Å². The van der Waals surface area contributed by atoms with Gasteiger partial charge in [-0.25, -0.2) is 4.79 Å². The number of carbonyl (C=O) groups is 2. The van der Waals surface area contributed by atoms with Crippen LogP contribution in [0.25, 0.3) is 10.9 Å². The largest absolute Gasteiger partial charge is 0.497 e. The summed E-state index contributed by atoms with van der Waals surface area (Å²) in [6, 6.07) is 10.3. The fourth-order valence-electron chi connectivity index (χ4n) is 2.69. The van der Waals surface area contributed by atoms with Gasteiger partial charge in [0.2, 0.25) is 0 Å². The van der Waals surface area contributed by atoms with E-state index in [2.05, 4.69) is 10.3 Å². The van der Waals surface area contributed by atoms with Crippen LogP contribution < -0.4 is 10.1 Å². The summed E-state index contributed by atoms with van der Waals surface area (Å²) in [5.41, 5.74) is 1.58. The standard InChI is InChI=1S/C20H20N2O5/c1-12-16(10-14-9-15(25-3)6-7-17(14)21-12)20(24)27-11-19(23)22-13(2)18-5-4-8-26-18/h4-10,13H,11H2,1-3H3,(H,22,23)/t13-/m1/s1. The zero-order valence-corrected chi connectivity index (χ0v) is 15.3. The first-order valence-corrected chi connectivity index (χ1v) is 8.43. The Labute approximate surface area is 156 Å². The first-order valence-electron chi connectivity index (χ1n) is 8.43. The number of fused-ring (bicyclic) bond motifs is 1. The molecule has 0 fully saturated rings. The molecule has 0 bridgehead atoms. The van der Waals surface area contributed by atoms with Gasteiger partial charge >= 0.3 is 5.97 Å². The van der Waals surface area contributed by atoms with Gasteiger partial charge in [0.1, 0.15) is 11.5 Å². The molecule has 0 aliphatic carbocycles. The number of pyridine rings is 1. The van der Waals surface area contributed by atoms with Crippen molar-refractivity contribution in [3.05, 3.63) is 59.7 Å². The number of rotatable bonds is 6. The number of carbonyl (C=O) groups excluding carboxylic acids is 2. The molecule has 0 spiro atoms. The van der Waals surface area contributed by atoms with E-state index in [1.807, 2.05) is 6.07 Å². The number of hydrogen-bond acceptors (Lipinski definition) is 6. The van der Waals surface area contributed by atoms with E-state index in [1.54, 1.807) is 51.3 Å². The maximum Gasteiger partial charge on any atom is 0.340 e. The molecule has 0 unspecified atom stereocenters. The number of nitrogens with one attached hydrogen (secondary N) is 1. The Bertz CT molecular complexity index is 966. The third-order valence-electron chi connectivity index (χ3n) is 4.11. The molecule has 7 nitrogen and oxygen atoms in total. The SMILES string of the molecule is COc1ccc2nc(C)c(C(=O)OCC(=O)N[C@H](C)c3ccco3)cc2c1. The second-order valence-corrected chi connectivity index (χ2v) is 6.06. The molecular weight excluding hydrogens is 348 g/mol. The van der Waals surface area contributed by atoms with Crippen LogP contribution in [0.3, 0.4) is 0 Å². The van der Waals surface area contributed by atoms with Crippen molar-refractivity contribution in [1.29, 1.82) is 0 Å². The van der Waals surface area contributed by atoms with Gasteiger partial charge in [0.25, 0.3) is 5.91 Å². The number of amides is 1. The lowest BCUT2D eigenvalue weighted by molar-refractivity contribution is -0.125. The van der Waals surface area contributed by atoms with E-state index >= 15 is 0 Å². The predicted octanol–water partition coefficient (Wildman–Crippen LogP) is 3.18. The summed E-state index contributed by atoms with van der Waals surface area (Å²) in [5.74, 6) is 0.266. The minimum absolute atomic E-state index is 0.308. The maximum absolute atomic E-state index is 12.4. The van der Waals surface area contributed by atoms with Gasteiger partial charge in [-0.2, -0.15) is 0 Å². The highest BCUT2D eigenvalue weighted by Crippen LogP contribution is 2.22. The van der Waals surface area contributed by atoms with E-state index in [4.69, 9.17) is 13.9 Å². The van der Waals surface area contributed by atoms with Crippen molar-refractivity contribution < 1.29 is 23.5 Å². The Morgan fingerprint density at radius 1 is 1.26 bits per heavy atom. The molecule has 140 valence electrons. The van der Waals surface area contributed by atoms with Crippen molar-refractivity contribution in [1.82, 2.24) is 10.3 Å². The molecular formula is C20H20N2O5. The number of esters is 1. The molecule has 2 heterocycles. The van der Waals surface area contributed by atoms with Gasteiger partial charge in [0.15, 0.2) is 6.61 Å². The average molecular weight is 368 g/mol. The van der Waals surface area contributed by atoms with Gasteiger partial charge in [0, 0.05) is 5.39 Å². The quantitative estimate of drug-likeness (QED) is 0.672. The van der Waals surface area contributed by atoms with Crippen LogP contribution in [-0.2, 0) is 9.53 Å². The topological polar surface area (TPSA) is 90.7 Å². The molecule has 0 aliphatic rings. The van der Waals surface area contributed by atoms with Crippen molar-refractivity contribution in [3.8, 4) is 5.75 Å². The van der Waals surface area contributed by atoms with Crippen LogP contribution in [0.2, 0.25) is 0 Å². The molecule has 0 saturated carbocycles. The molecule has 0 aliphatic heterocycles. The van der Waals surface area contributed by atoms with Gasteiger partial charge in [-0.05, 0) is 50.2 Å². The number of furan rings is 1. The Morgan fingerprint density at radius 2 is 2.07 bits per heavy atom. The second kappa shape index (κ2) is 7.90. The first kappa shape index (κ1) is 18.4. The van der Waals surface area contributed by atoms with Crippen LogP contribution in [0.4, 0.5) is 0 Å². The molecule has 3 rings (SSSR count). The van der Waals surface area contributed by atoms with E-state index in [9.17, 15) is 9.59 Å². The Hall–Kier alpha value is -3.35. The zero-order chi connectivity index (χ0) is 19.4. The molecule has 3 aromatic rings. The van der Waals surface area contributed by atoms with Gasteiger partial charge in [0.05, 0.1) is 36.2 Å². The molecule has 1 N–H and O–H groups in total. The minimum atomic E-state index is -0.606. The second-order valence-electron chi connectivity index (χ2n) is 6.06. The van der Waals surface area contributed by atoms with E-state index in [1.165, 1.54) is 6.26 Å². The van der Waals surface area contributed by atoms with Crippen molar-refractivity contribution >= 4 is 22.8 Å². The molecule has 0 radical (unpaired) electrons. The number of benzene rings is 1. The van der Waals surface area contributed by atoms with Crippen LogP contribution in [-0.4, -0.2) is 30.6 Å². The predicted molar refractivity (Wildman–Crippen MR) is 98.6 cm³/mol. The third-order valence-corrected chi connectivity index (χ3v) is 4.11. The Morgan fingerprint density at radius 3 is 2.78 bits per heavy atom. The normalized spacial score (nSPS) is 11.8. The average Bonchev–Trinajstić information content (AvgIpc) is 3.20. The highest BCUT2D eigenvalue weighted by Gasteiger charge is 2.17. The monoisotopic (exact) mass is 368 g/mol. The summed E-state index contributed by atoms with van der Waals surface area (Å²) in [6.45, 7) is 3.11. The third kappa shape index (κ3) is 4.25. The van der Waals surface area contributed by atoms with E-state index in [0.29, 0.717) is 22.8 Å².